The number of nitrogens with two attached hydrogens (primary N) is 1. The predicted octanol–water partition coefficient (Wildman–Crippen LogP) is 2.25. The van der Waals surface area contributed by atoms with Crippen LogP contribution in [0.25, 0.3) is 0 Å². The summed E-state index contributed by atoms with van der Waals surface area (Å²) >= 11 is 0. The molecule has 8 heteroatoms. The first-order valence-electron chi connectivity index (χ1n) is 5.99. The molecule has 4 nitrogen and oxygen atoms in total. The molecule has 0 atom stereocenters. The van der Waals surface area contributed by atoms with E-state index in [1.807, 2.05) is 0 Å². The summed E-state index contributed by atoms with van der Waals surface area (Å²) in [5.74, 6) is -0.554. The largest absolute Gasteiger partial charge is 0.389 e. The molecule has 0 fully saturated rings. The molecule has 0 radical (unpaired) electrons. The first kappa shape index (κ1) is 16.8. The van der Waals surface area contributed by atoms with Gasteiger partial charge < -0.3 is 5.73 Å². The van der Waals surface area contributed by atoms with Crippen molar-refractivity contribution in [3.63, 3.8) is 0 Å². The fraction of sp³-hybridized carbons (Fsp3) is 0.500. The van der Waals surface area contributed by atoms with Crippen molar-refractivity contribution in [2.24, 2.45) is 5.73 Å². The summed E-state index contributed by atoms with van der Waals surface area (Å²) < 4.78 is 61.1. The van der Waals surface area contributed by atoms with Gasteiger partial charge in [-0.25, -0.2) is 8.42 Å². The molecule has 0 spiro atoms. The maximum absolute atomic E-state index is 12.0. The van der Waals surface area contributed by atoms with Gasteiger partial charge in [0.05, 0.1) is 11.4 Å². The molecule has 20 heavy (non-hydrogen) atoms. The fourth-order valence-corrected chi connectivity index (χ4v) is 2.99. The summed E-state index contributed by atoms with van der Waals surface area (Å²) in [7, 11) is -2.47. The molecule has 0 saturated carbocycles. The maximum atomic E-state index is 12.0. The Labute approximate surface area is 116 Å². The third-order valence-electron chi connectivity index (χ3n) is 2.83. The minimum Gasteiger partial charge on any atom is -0.326 e. The van der Waals surface area contributed by atoms with Gasteiger partial charge in [0.25, 0.3) is 0 Å². The van der Waals surface area contributed by atoms with Crippen LogP contribution in [0.3, 0.4) is 0 Å². The Morgan fingerprint density at radius 2 is 1.85 bits per heavy atom. The number of benzene rings is 1. The van der Waals surface area contributed by atoms with Crippen molar-refractivity contribution in [1.29, 1.82) is 0 Å². The summed E-state index contributed by atoms with van der Waals surface area (Å²) in [5.41, 5.74) is 6.53. The molecule has 0 aromatic heterocycles. The highest BCUT2D eigenvalue weighted by molar-refractivity contribution is 7.92. The van der Waals surface area contributed by atoms with E-state index in [0.717, 1.165) is 4.31 Å². The number of hydrogen-bond donors (Lipinski definition) is 1. The Morgan fingerprint density at radius 3 is 2.40 bits per heavy atom. The standard InChI is InChI=1S/C12H17F3N2O2S/c1-17(11-6-3-2-5-10(11)9-16)20(18,19)8-4-7-12(13,14)15/h2-3,5-6H,4,7-9,16H2,1H3. The van der Waals surface area contributed by atoms with E-state index in [1.165, 1.54) is 7.05 Å². The number of halogens is 3. The van der Waals surface area contributed by atoms with Crippen molar-refractivity contribution < 1.29 is 21.6 Å². The van der Waals surface area contributed by atoms with Gasteiger partial charge in [0.2, 0.25) is 10.0 Å². The quantitative estimate of drug-likeness (QED) is 0.876. The molecular formula is C12H17F3N2O2S. The van der Waals surface area contributed by atoms with Gasteiger partial charge in [0.15, 0.2) is 0 Å². The van der Waals surface area contributed by atoms with E-state index in [-0.39, 0.29) is 6.54 Å². The van der Waals surface area contributed by atoms with Gasteiger partial charge in [-0.15, -0.1) is 0 Å². The second kappa shape index (κ2) is 6.45. The molecule has 0 aliphatic heterocycles. The van der Waals surface area contributed by atoms with Gasteiger partial charge in [-0.05, 0) is 18.1 Å². The van der Waals surface area contributed by atoms with Crippen LogP contribution < -0.4 is 10.0 Å². The number of alkyl halides is 3. The van der Waals surface area contributed by atoms with Crippen LogP contribution in [-0.4, -0.2) is 27.4 Å². The van der Waals surface area contributed by atoms with Gasteiger partial charge in [-0.1, -0.05) is 18.2 Å². The summed E-state index contributed by atoms with van der Waals surface area (Å²) in [5, 5.41) is 0. The lowest BCUT2D eigenvalue weighted by Gasteiger charge is -2.22. The van der Waals surface area contributed by atoms with Crippen molar-refractivity contribution in [3.8, 4) is 0 Å². The van der Waals surface area contributed by atoms with Gasteiger partial charge in [-0.3, -0.25) is 4.31 Å². The zero-order valence-electron chi connectivity index (χ0n) is 11.0. The third-order valence-corrected chi connectivity index (χ3v) is 4.67. The monoisotopic (exact) mass is 310 g/mol. The maximum Gasteiger partial charge on any atom is 0.389 e. The number of rotatable bonds is 6. The minimum absolute atomic E-state index is 0.151. The van der Waals surface area contributed by atoms with Crippen molar-refractivity contribution in [2.75, 3.05) is 17.1 Å². The molecule has 0 amide bonds. The highest BCUT2D eigenvalue weighted by Gasteiger charge is 2.28. The van der Waals surface area contributed by atoms with Crippen molar-refractivity contribution in [2.45, 2.75) is 25.6 Å². The second-order valence-corrected chi connectivity index (χ2v) is 6.45. The average molecular weight is 310 g/mol. The van der Waals surface area contributed by atoms with Gasteiger partial charge >= 0.3 is 6.18 Å². The molecule has 2 N–H and O–H groups in total. The van der Waals surface area contributed by atoms with Crippen LogP contribution >= 0.6 is 0 Å². The zero-order valence-corrected chi connectivity index (χ0v) is 11.8. The van der Waals surface area contributed by atoms with Crippen LogP contribution in [0.4, 0.5) is 18.9 Å². The molecule has 0 saturated heterocycles. The first-order chi connectivity index (χ1) is 9.17. The van der Waals surface area contributed by atoms with E-state index in [1.54, 1.807) is 24.3 Å². The molecule has 0 bridgehead atoms. The van der Waals surface area contributed by atoms with Crippen LogP contribution in [-0.2, 0) is 16.6 Å². The highest BCUT2D eigenvalue weighted by Crippen LogP contribution is 2.24. The molecule has 0 heterocycles. The van der Waals surface area contributed by atoms with E-state index in [9.17, 15) is 21.6 Å². The Balaban J connectivity index is 2.81. The zero-order chi connectivity index (χ0) is 15.4. The van der Waals surface area contributed by atoms with Crippen LogP contribution in [0.5, 0.6) is 0 Å². The lowest BCUT2D eigenvalue weighted by Crippen LogP contribution is -2.30. The lowest BCUT2D eigenvalue weighted by molar-refractivity contribution is -0.134. The molecule has 1 aromatic carbocycles. The Bertz CT molecular complexity index is 544. The van der Waals surface area contributed by atoms with Crippen molar-refractivity contribution in [1.82, 2.24) is 0 Å². The number of sulfonamides is 1. The van der Waals surface area contributed by atoms with E-state index in [4.69, 9.17) is 5.73 Å². The van der Waals surface area contributed by atoms with Crippen LogP contribution in [0, 0.1) is 0 Å². The molecule has 0 unspecified atom stereocenters. The van der Waals surface area contributed by atoms with Crippen LogP contribution in [0.1, 0.15) is 18.4 Å². The van der Waals surface area contributed by atoms with Crippen molar-refractivity contribution >= 4 is 15.7 Å². The van der Waals surface area contributed by atoms with E-state index >= 15 is 0 Å². The molecule has 1 rings (SSSR count). The smallest absolute Gasteiger partial charge is 0.326 e. The van der Waals surface area contributed by atoms with E-state index in [0.29, 0.717) is 11.3 Å². The summed E-state index contributed by atoms with van der Waals surface area (Å²) in [6.45, 7) is 0.151. The predicted molar refractivity (Wildman–Crippen MR) is 71.8 cm³/mol. The lowest BCUT2D eigenvalue weighted by atomic mass is 10.2. The molecule has 0 aliphatic rings. The molecule has 1 aromatic rings. The Kier molecular flexibility index (Phi) is 5.41. The number of hydrogen-bond acceptors (Lipinski definition) is 3. The summed E-state index contributed by atoms with van der Waals surface area (Å²) in [6, 6.07) is 6.62. The van der Waals surface area contributed by atoms with E-state index in [2.05, 4.69) is 0 Å². The second-order valence-electron chi connectivity index (χ2n) is 4.34. The third kappa shape index (κ3) is 4.68. The van der Waals surface area contributed by atoms with Gasteiger partial charge in [-0.2, -0.15) is 13.2 Å². The normalized spacial score (nSPS) is 12.4. The minimum atomic E-state index is -4.34. The number of para-hydroxylation sites is 1. The number of anilines is 1. The summed E-state index contributed by atoms with van der Waals surface area (Å²) in [4.78, 5) is 0. The van der Waals surface area contributed by atoms with Crippen LogP contribution in [0.15, 0.2) is 24.3 Å². The topological polar surface area (TPSA) is 63.4 Å². The van der Waals surface area contributed by atoms with Gasteiger partial charge in [0.1, 0.15) is 0 Å². The fourth-order valence-electron chi connectivity index (χ4n) is 1.73. The Morgan fingerprint density at radius 1 is 1.25 bits per heavy atom. The highest BCUT2D eigenvalue weighted by atomic mass is 32.2. The SMILES string of the molecule is CN(c1ccccc1CN)S(=O)(=O)CCCC(F)(F)F. The molecular weight excluding hydrogens is 293 g/mol. The number of nitrogens with zero attached hydrogens (tertiary/aromatic N) is 1. The molecule has 114 valence electrons. The summed E-state index contributed by atoms with van der Waals surface area (Å²) in [6.07, 6.45) is -5.91. The molecule has 0 aliphatic carbocycles. The van der Waals surface area contributed by atoms with Crippen LogP contribution in [0.2, 0.25) is 0 Å². The first-order valence-corrected chi connectivity index (χ1v) is 7.59. The average Bonchev–Trinajstić information content (AvgIpc) is 2.36. The van der Waals surface area contributed by atoms with E-state index < -0.39 is 34.8 Å². The van der Waals surface area contributed by atoms with Gasteiger partial charge in [0, 0.05) is 20.0 Å². The Hall–Kier alpha value is -1.28. The van der Waals surface area contributed by atoms with Crippen molar-refractivity contribution in [3.05, 3.63) is 29.8 Å².